The summed E-state index contributed by atoms with van der Waals surface area (Å²) < 4.78 is 51.6. The normalized spacial score (nSPS) is 12.4. The number of nitrogens with one attached hydrogen (secondary N) is 2. The fourth-order valence-corrected chi connectivity index (χ4v) is 4.49. The summed E-state index contributed by atoms with van der Waals surface area (Å²) in [4.78, 5) is 22.9. The van der Waals surface area contributed by atoms with Crippen molar-refractivity contribution in [1.29, 1.82) is 10.7 Å². The molecule has 0 amide bonds. The molecule has 0 unspecified atom stereocenters. The number of hydrogen-bond acceptors (Lipinski definition) is 7. The lowest BCUT2D eigenvalue weighted by Gasteiger charge is -2.26. The molecule has 0 radical (unpaired) electrons. The molecule has 3 N–H and O–H groups in total. The number of aliphatic carboxylic acids is 1. The fourth-order valence-electron chi connectivity index (χ4n) is 4.49. The highest BCUT2D eigenvalue weighted by atomic mass is 19.1. The minimum absolute atomic E-state index is 0.00313. The van der Waals surface area contributed by atoms with E-state index in [0.29, 0.717) is 6.61 Å². The molecule has 0 aliphatic carbocycles. The molecule has 2 aromatic carbocycles. The van der Waals surface area contributed by atoms with Crippen molar-refractivity contribution < 1.29 is 32.6 Å². The van der Waals surface area contributed by atoms with Gasteiger partial charge in [0.05, 0.1) is 36.1 Å². The Balaban J connectivity index is 2.39. The van der Waals surface area contributed by atoms with E-state index in [1.807, 2.05) is 13.0 Å². The lowest BCUT2D eigenvalue weighted by atomic mass is 9.97. The van der Waals surface area contributed by atoms with Gasteiger partial charge in [0.1, 0.15) is 23.3 Å². The number of amidine groups is 1. The Morgan fingerprint density at radius 3 is 2.45 bits per heavy atom. The smallest absolute Gasteiger partial charge is 0.335 e. The predicted octanol–water partition coefficient (Wildman–Crippen LogP) is 7.58. The van der Waals surface area contributed by atoms with Crippen LogP contribution in [0.1, 0.15) is 61.9 Å². The van der Waals surface area contributed by atoms with Crippen LogP contribution in [0.4, 0.5) is 13.2 Å². The van der Waals surface area contributed by atoms with E-state index in [0.717, 1.165) is 18.6 Å². The van der Waals surface area contributed by atoms with E-state index in [1.165, 1.54) is 48.3 Å². The van der Waals surface area contributed by atoms with Crippen LogP contribution in [-0.2, 0) is 27.3 Å². The van der Waals surface area contributed by atoms with Crippen LogP contribution in [0, 0.1) is 41.1 Å². The van der Waals surface area contributed by atoms with Crippen molar-refractivity contribution in [2.75, 3.05) is 19.8 Å². The first-order chi connectivity index (χ1) is 23.4. The maximum absolute atomic E-state index is 16.0. The number of carboxylic acids is 1. The Labute approximate surface area is 285 Å². The number of carbonyl (C=O) groups is 1. The van der Waals surface area contributed by atoms with Crippen LogP contribution in [0.25, 0.3) is 0 Å². The number of nitriles is 1. The number of benzene rings is 2. The van der Waals surface area contributed by atoms with E-state index < -0.39 is 23.4 Å². The zero-order valence-electron chi connectivity index (χ0n) is 28.4. The standard InChI is InChI=1S/C37H42F3N5O4/c1-7-11-27(37(46)47)18-24(5)45(15-17-48-16-9-3)34(42)21-29-25(6)36(40)30(20-32(29)39)33(12-8-2)44-35(10-4)49-43-23-28-14-13-26(22-41)19-31(28)38/h7-8,10-14,18-20,42-43H,5,9,15-17,21,23H2,1-4,6H3,(H,46,47)/b11-7-,12-8-,27-18+,35-10+,42-34?,44-33+. The molecule has 49 heavy (non-hydrogen) atoms. The molecule has 0 spiro atoms. The Kier molecular flexibility index (Phi) is 16.5. The molecule has 9 nitrogen and oxygen atoms in total. The topological polar surface area (TPSA) is 131 Å². The maximum atomic E-state index is 16.0. The summed E-state index contributed by atoms with van der Waals surface area (Å²) in [5, 5.41) is 27.3. The Hall–Kier alpha value is -5.25. The number of halogens is 3. The molecule has 0 aliphatic rings. The summed E-state index contributed by atoms with van der Waals surface area (Å²) in [6, 6.07) is 6.87. The van der Waals surface area contributed by atoms with E-state index in [2.05, 4.69) is 17.1 Å². The van der Waals surface area contributed by atoms with Crippen LogP contribution in [0.2, 0.25) is 0 Å². The van der Waals surface area contributed by atoms with E-state index in [1.54, 1.807) is 32.9 Å². The van der Waals surface area contributed by atoms with Gasteiger partial charge in [-0.05, 0) is 76.1 Å². The van der Waals surface area contributed by atoms with Crippen LogP contribution in [0.3, 0.4) is 0 Å². The van der Waals surface area contributed by atoms with Gasteiger partial charge in [0.15, 0.2) is 0 Å². The van der Waals surface area contributed by atoms with Crippen molar-refractivity contribution in [3.63, 3.8) is 0 Å². The summed E-state index contributed by atoms with van der Waals surface area (Å²) in [6.07, 6.45) is 9.26. The number of hydrogen-bond donors (Lipinski definition) is 3. The number of allylic oxidation sites excluding steroid dienone is 5. The van der Waals surface area contributed by atoms with Crippen molar-refractivity contribution in [2.24, 2.45) is 4.99 Å². The molecule has 260 valence electrons. The zero-order valence-corrected chi connectivity index (χ0v) is 28.4. The molecule has 0 atom stereocenters. The van der Waals surface area contributed by atoms with E-state index in [9.17, 15) is 14.3 Å². The van der Waals surface area contributed by atoms with Crippen molar-refractivity contribution in [2.45, 2.75) is 54.0 Å². The molecule has 12 heteroatoms. The minimum Gasteiger partial charge on any atom is -0.478 e. The first-order valence-corrected chi connectivity index (χ1v) is 15.5. The molecule has 0 fully saturated rings. The van der Waals surface area contributed by atoms with Gasteiger partial charge < -0.3 is 19.6 Å². The van der Waals surface area contributed by atoms with Crippen molar-refractivity contribution in [1.82, 2.24) is 10.4 Å². The van der Waals surface area contributed by atoms with E-state index in [-0.39, 0.29) is 82.6 Å². The third kappa shape index (κ3) is 11.7. The summed E-state index contributed by atoms with van der Waals surface area (Å²) in [5.74, 6) is -3.47. The highest BCUT2D eigenvalue weighted by molar-refractivity contribution is 6.09. The highest BCUT2D eigenvalue weighted by Gasteiger charge is 2.22. The monoisotopic (exact) mass is 677 g/mol. The number of aliphatic imine (C=N–C) groups is 1. The van der Waals surface area contributed by atoms with E-state index in [4.69, 9.17) is 20.2 Å². The van der Waals surface area contributed by atoms with Gasteiger partial charge >= 0.3 is 5.97 Å². The van der Waals surface area contributed by atoms with Gasteiger partial charge in [0, 0.05) is 42.0 Å². The van der Waals surface area contributed by atoms with Crippen LogP contribution >= 0.6 is 0 Å². The molecule has 0 aliphatic heterocycles. The van der Waals surface area contributed by atoms with E-state index >= 15 is 8.78 Å². The number of rotatable bonds is 18. The SMILES string of the molecule is C=C(/C=C(\C=C/C)C(=O)O)N(CCOCCC)C(=N)Cc1c(F)cc(C(/C=C\C)=N/C(=C\C)ONCc2ccc(C#N)cc2F)c(F)c1C. The van der Waals surface area contributed by atoms with Gasteiger partial charge in [-0.2, -0.15) is 10.7 Å². The molecule has 0 saturated heterocycles. The number of hydroxylamine groups is 1. The first kappa shape index (κ1) is 39.9. The molecule has 0 aromatic heterocycles. The van der Waals surface area contributed by atoms with Gasteiger partial charge in [-0.15, -0.1) is 0 Å². The molecular weight excluding hydrogens is 635 g/mol. The van der Waals surface area contributed by atoms with Crippen LogP contribution in [0.5, 0.6) is 0 Å². The van der Waals surface area contributed by atoms with Crippen molar-refractivity contribution >= 4 is 17.5 Å². The van der Waals surface area contributed by atoms with Crippen LogP contribution < -0.4 is 5.48 Å². The third-order valence-corrected chi connectivity index (χ3v) is 7.02. The number of carboxylic acid groups (broad SMARTS) is 1. The second-order valence-electron chi connectivity index (χ2n) is 10.6. The zero-order chi connectivity index (χ0) is 36.5. The average molecular weight is 678 g/mol. The minimum atomic E-state index is -1.19. The third-order valence-electron chi connectivity index (χ3n) is 7.02. The van der Waals surface area contributed by atoms with Gasteiger partial charge in [0.2, 0.25) is 5.88 Å². The highest BCUT2D eigenvalue weighted by Crippen LogP contribution is 2.25. The number of nitrogens with zero attached hydrogens (tertiary/aromatic N) is 3. The Bertz CT molecular complexity index is 1720. The summed E-state index contributed by atoms with van der Waals surface area (Å²) >= 11 is 0. The molecule has 2 aromatic rings. The van der Waals surface area contributed by atoms with Crippen LogP contribution in [-0.4, -0.2) is 47.3 Å². The summed E-state index contributed by atoms with van der Waals surface area (Å²) in [7, 11) is 0. The fraction of sp³-hybridized carbons (Fsp3) is 0.297. The Morgan fingerprint density at radius 1 is 1.14 bits per heavy atom. The second-order valence-corrected chi connectivity index (χ2v) is 10.6. The molecule has 2 rings (SSSR count). The largest absolute Gasteiger partial charge is 0.478 e. The lowest BCUT2D eigenvalue weighted by molar-refractivity contribution is -0.132. The average Bonchev–Trinajstić information content (AvgIpc) is 3.07. The first-order valence-electron chi connectivity index (χ1n) is 15.5. The van der Waals surface area contributed by atoms with Gasteiger partial charge in [-0.1, -0.05) is 37.8 Å². The quantitative estimate of drug-likeness (QED) is 0.0282. The number of ether oxygens (including phenoxy) is 1. The molecule has 0 bridgehead atoms. The maximum Gasteiger partial charge on any atom is 0.335 e. The van der Waals surface area contributed by atoms with Crippen molar-refractivity contribution in [3.05, 3.63) is 130 Å². The van der Waals surface area contributed by atoms with Gasteiger partial charge in [-0.25, -0.2) is 23.0 Å². The molecular formula is C37H42F3N5O4. The molecule has 0 saturated carbocycles. The summed E-state index contributed by atoms with van der Waals surface area (Å²) in [5.41, 5.74) is 2.90. The van der Waals surface area contributed by atoms with Crippen LogP contribution in [0.15, 0.2) is 89.4 Å². The molecule has 0 heterocycles. The van der Waals surface area contributed by atoms with Crippen molar-refractivity contribution in [3.8, 4) is 6.07 Å². The van der Waals surface area contributed by atoms with Gasteiger partial charge in [-0.3, -0.25) is 5.41 Å². The lowest BCUT2D eigenvalue weighted by Crippen LogP contribution is -2.34. The predicted molar refractivity (Wildman–Crippen MR) is 184 cm³/mol. The van der Waals surface area contributed by atoms with Gasteiger partial charge in [0.25, 0.3) is 0 Å². The summed E-state index contributed by atoms with van der Waals surface area (Å²) in [6.45, 7) is 13.0. The Morgan fingerprint density at radius 2 is 1.86 bits per heavy atom. The second kappa shape index (κ2) is 20.2.